The number of para-hydroxylation sites is 1. The van der Waals surface area contributed by atoms with Gasteiger partial charge in [0.2, 0.25) is 0 Å². The minimum atomic E-state index is -4.75. The number of halogens is 6. The van der Waals surface area contributed by atoms with Gasteiger partial charge < -0.3 is 15.4 Å². The molecule has 0 bridgehead atoms. The van der Waals surface area contributed by atoms with Crippen molar-refractivity contribution in [3.8, 4) is 16.3 Å². The van der Waals surface area contributed by atoms with E-state index in [-0.39, 0.29) is 15.6 Å². The van der Waals surface area contributed by atoms with Crippen molar-refractivity contribution in [2.75, 3.05) is 11.9 Å². The number of carbonyl (C=O) groups is 1. The minimum absolute atomic E-state index is 0.107. The van der Waals surface area contributed by atoms with Gasteiger partial charge in [-0.1, -0.05) is 17.7 Å². The smallest absolute Gasteiger partial charge is 0.425 e. The third-order valence-electron chi connectivity index (χ3n) is 5.11. The Labute approximate surface area is 199 Å². The van der Waals surface area contributed by atoms with Gasteiger partial charge in [0.15, 0.2) is 6.10 Å². The van der Waals surface area contributed by atoms with Gasteiger partial charge in [0.05, 0.1) is 22.0 Å². The number of carbonyl (C=O) groups excluding carboxylic acids is 1. The van der Waals surface area contributed by atoms with E-state index in [1.54, 1.807) is 0 Å². The Morgan fingerprint density at radius 2 is 2.03 bits per heavy atom. The third-order valence-corrected chi connectivity index (χ3v) is 6.62. The SMILES string of the molecule is C[C@H](Oc1cc(-c2nc3c(s2)CCNC3)c(F)cc1C(=O)Nc1c(F)cccc1Cl)C(F)(F)F. The highest BCUT2D eigenvalue weighted by Gasteiger charge is 2.39. The van der Waals surface area contributed by atoms with Crippen LogP contribution in [0.3, 0.4) is 0 Å². The fourth-order valence-corrected chi connectivity index (χ4v) is 4.59. The van der Waals surface area contributed by atoms with Crippen LogP contribution < -0.4 is 15.4 Å². The summed E-state index contributed by atoms with van der Waals surface area (Å²) in [7, 11) is 0. The molecule has 1 amide bonds. The van der Waals surface area contributed by atoms with E-state index in [9.17, 15) is 22.4 Å². The topological polar surface area (TPSA) is 63.2 Å². The van der Waals surface area contributed by atoms with Gasteiger partial charge in [0, 0.05) is 23.5 Å². The molecule has 34 heavy (non-hydrogen) atoms. The summed E-state index contributed by atoms with van der Waals surface area (Å²) < 4.78 is 73.8. The van der Waals surface area contributed by atoms with Gasteiger partial charge >= 0.3 is 6.18 Å². The van der Waals surface area contributed by atoms with Crippen LogP contribution in [0.5, 0.6) is 5.75 Å². The van der Waals surface area contributed by atoms with Crippen molar-refractivity contribution in [2.24, 2.45) is 0 Å². The number of nitrogens with zero attached hydrogens (tertiary/aromatic N) is 1. The normalized spacial score (nSPS) is 14.4. The third kappa shape index (κ3) is 5.01. The van der Waals surface area contributed by atoms with Crippen molar-refractivity contribution >= 4 is 34.5 Å². The molecule has 4 rings (SSSR count). The molecule has 0 saturated carbocycles. The lowest BCUT2D eigenvalue weighted by Crippen LogP contribution is -2.32. The number of hydrogen-bond donors (Lipinski definition) is 2. The fraction of sp³-hybridized carbons (Fsp3) is 0.273. The molecular weight excluding hydrogens is 501 g/mol. The first kappa shape index (κ1) is 24.4. The summed E-state index contributed by atoms with van der Waals surface area (Å²) in [5, 5.41) is 5.43. The van der Waals surface area contributed by atoms with Crippen molar-refractivity contribution in [1.29, 1.82) is 0 Å². The maximum Gasteiger partial charge on any atom is 0.425 e. The Kier molecular flexibility index (Phi) is 6.79. The lowest BCUT2D eigenvalue weighted by Gasteiger charge is -2.20. The summed E-state index contributed by atoms with van der Waals surface area (Å²) in [5.41, 5.74) is -0.328. The highest BCUT2D eigenvalue weighted by Crippen LogP contribution is 2.37. The zero-order valence-electron chi connectivity index (χ0n) is 17.5. The molecule has 1 aliphatic rings. The standard InChI is InChI=1S/C22H17ClF5N3O2S/c1-10(22(26,27)28)33-17-8-11(21-30-16-9-29-6-5-18(16)34-21)15(25)7-12(17)20(32)31-19-13(23)3-2-4-14(19)24/h2-4,7-8,10,29H,5-6,9H2,1H3,(H,31,32)/t10-/m0/s1. The molecule has 5 nitrogen and oxygen atoms in total. The average Bonchev–Trinajstić information content (AvgIpc) is 3.20. The molecule has 180 valence electrons. The van der Waals surface area contributed by atoms with E-state index in [4.69, 9.17) is 16.3 Å². The number of thiazole rings is 1. The van der Waals surface area contributed by atoms with Gasteiger partial charge in [-0.15, -0.1) is 11.3 Å². The van der Waals surface area contributed by atoms with Gasteiger partial charge in [-0.2, -0.15) is 13.2 Å². The first-order valence-electron chi connectivity index (χ1n) is 10.1. The Hall–Kier alpha value is -2.76. The zero-order chi connectivity index (χ0) is 24.6. The van der Waals surface area contributed by atoms with E-state index in [2.05, 4.69) is 15.6 Å². The van der Waals surface area contributed by atoms with Gasteiger partial charge in [-0.3, -0.25) is 4.79 Å². The van der Waals surface area contributed by atoms with Crippen LogP contribution in [0.1, 0.15) is 27.9 Å². The molecule has 2 heterocycles. The predicted molar refractivity (Wildman–Crippen MR) is 118 cm³/mol. The van der Waals surface area contributed by atoms with Crippen LogP contribution in [0.15, 0.2) is 30.3 Å². The Balaban J connectivity index is 1.76. The number of ether oxygens (including phenoxy) is 1. The number of nitrogens with one attached hydrogen (secondary N) is 2. The maximum absolute atomic E-state index is 15.1. The number of rotatable bonds is 5. The number of alkyl halides is 3. The number of fused-ring (bicyclic) bond motifs is 1. The Morgan fingerprint density at radius 1 is 1.26 bits per heavy atom. The predicted octanol–water partition coefficient (Wildman–Crippen LogP) is 5.97. The molecule has 1 aliphatic heterocycles. The van der Waals surface area contributed by atoms with Crippen LogP contribution in [0.25, 0.3) is 10.6 Å². The van der Waals surface area contributed by atoms with Crippen molar-refractivity contribution < 1.29 is 31.5 Å². The van der Waals surface area contributed by atoms with E-state index in [1.165, 1.54) is 23.5 Å². The fourth-order valence-electron chi connectivity index (χ4n) is 3.29. The second-order valence-corrected chi connectivity index (χ2v) is 8.99. The van der Waals surface area contributed by atoms with Crippen LogP contribution in [0, 0.1) is 11.6 Å². The second-order valence-electron chi connectivity index (χ2n) is 7.50. The molecule has 0 aliphatic carbocycles. The summed E-state index contributed by atoms with van der Waals surface area (Å²) in [4.78, 5) is 18.2. The van der Waals surface area contributed by atoms with E-state index in [0.717, 1.165) is 42.2 Å². The second kappa shape index (κ2) is 9.47. The molecule has 2 aromatic carbocycles. The summed E-state index contributed by atoms with van der Waals surface area (Å²) in [6, 6.07) is 5.41. The molecule has 0 spiro atoms. The number of aromatic nitrogens is 1. The monoisotopic (exact) mass is 517 g/mol. The minimum Gasteiger partial charge on any atom is -0.480 e. The summed E-state index contributed by atoms with van der Waals surface area (Å²) >= 11 is 7.13. The molecule has 0 radical (unpaired) electrons. The van der Waals surface area contributed by atoms with E-state index >= 15 is 4.39 Å². The van der Waals surface area contributed by atoms with E-state index in [0.29, 0.717) is 13.0 Å². The highest BCUT2D eigenvalue weighted by atomic mass is 35.5. The van der Waals surface area contributed by atoms with Crippen LogP contribution in [0.2, 0.25) is 5.02 Å². The first-order chi connectivity index (χ1) is 16.0. The number of hydrogen-bond acceptors (Lipinski definition) is 5. The van der Waals surface area contributed by atoms with Crippen LogP contribution in [0.4, 0.5) is 27.6 Å². The van der Waals surface area contributed by atoms with Crippen LogP contribution in [-0.4, -0.2) is 29.7 Å². The van der Waals surface area contributed by atoms with E-state index < -0.39 is 46.8 Å². The van der Waals surface area contributed by atoms with Crippen molar-refractivity contribution in [2.45, 2.75) is 32.2 Å². The van der Waals surface area contributed by atoms with Crippen molar-refractivity contribution in [3.05, 3.63) is 63.1 Å². The summed E-state index contributed by atoms with van der Waals surface area (Å²) in [5.74, 6) is -3.39. The molecule has 0 unspecified atom stereocenters. The Bertz CT molecular complexity index is 1200. The zero-order valence-corrected chi connectivity index (χ0v) is 19.1. The van der Waals surface area contributed by atoms with E-state index in [1.807, 2.05) is 0 Å². The molecule has 3 aromatic rings. The average molecular weight is 518 g/mol. The molecule has 1 aromatic heterocycles. The van der Waals surface area contributed by atoms with Gasteiger partial charge in [0.25, 0.3) is 5.91 Å². The number of anilines is 1. The summed E-state index contributed by atoms with van der Waals surface area (Å²) in [6.45, 7) is 1.98. The van der Waals surface area contributed by atoms with Crippen LogP contribution in [-0.2, 0) is 13.0 Å². The molecule has 0 fully saturated rings. The summed E-state index contributed by atoms with van der Waals surface area (Å²) in [6.07, 6.45) is -6.36. The van der Waals surface area contributed by atoms with Gasteiger partial charge in [0.1, 0.15) is 22.4 Å². The molecule has 1 atom stereocenters. The van der Waals surface area contributed by atoms with Crippen LogP contribution >= 0.6 is 22.9 Å². The lowest BCUT2D eigenvalue weighted by molar-refractivity contribution is -0.189. The number of benzene rings is 2. The molecule has 0 saturated heterocycles. The van der Waals surface area contributed by atoms with Gasteiger partial charge in [-0.25, -0.2) is 13.8 Å². The van der Waals surface area contributed by atoms with Gasteiger partial charge in [-0.05, 0) is 37.6 Å². The Morgan fingerprint density at radius 3 is 2.71 bits per heavy atom. The molecule has 2 N–H and O–H groups in total. The largest absolute Gasteiger partial charge is 0.480 e. The quantitative estimate of drug-likeness (QED) is 0.409. The molecular formula is C22H17ClF5N3O2S. The molecule has 12 heteroatoms. The van der Waals surface area contributed by atoms with Crippen molar-refractivity contribution in [3.63, 3.8) is 0 Å². The number of amides is 1. The van der Waals surface area contributed by atoms with Crippen molar-refractivity contribution in [1.82, 2.24) is 10.3 Å². The maximum atomic E-state index is 15.1. The first-order valence-corrected chi connectivity index (χ1v) is 11.3. The highest BCUT2D eigenvalue weighted by molar-refractivity contribution is 7.15. The lowest BCUT2D eigenvalue weighted by atomic mass is 10.1.